The second-order valence-corrected chi connectivity index (χ2v) is 13.1. The number of carbonyl (C=O) groups is 1. The van der Waals surface area contributed by atoms with Crippen molar-refractivity contribution in [1.82, 2.24) is 0 Å². The summed E-state index contributed by atoms with van der Waals surface area (Å²) in [6.45, 7) is 16.0. The summed E-state index contributed by atoms with van der Waals surface area (Å²) in [7, 11) is -1.95. The molecule has 3 atom stereocenters. The van der Waals surface area contributed by atoms with E-state index in [1.165, 1.54) is 0 Å². The molecular formula is C19H36O3Si. The summed E-state index contributed by atoms with van der Waals surface area (Å²) >= 11 is 0. The van der Waals surface area contributed by atoms with E-state index in [1.54, 1.807) is 0 Å². The van der Waals surface area contributed by atoms with Gasteiger partial charge < -0.3 is 14.0 Å². The van der Waals surface area contributed by atoms with Crippen LogP contribution < -0.4 is 0 Å². The van der Waals surface area contributed by atoms with Gasteiger partial charge >= 0.3 is 0 Å². The lowest BCUT2D eigenvalue weighted by Crippen LogP contribution is -2.53. The first-order valence-electron chi connectivity index (χ1n) is 9.23. The quantitative estimate of drug-likeness (QED) is 0.360. The van der Waals surface area contributed by atoms with Crippen LogP contribution in [-0.4, -0.2) is 32.9 Å². The number of ether oxygens (including phenoxy) is 1. The molecular weight excluding hydrogens is 304 g/mol. The van der Waals surface area contributed by atoms with Gasteiger partial charge in [0.05, 0.1) is 12.2 Å². The molecule has 0 fully saturated rings. The van der Waals surface area contributed by atoms with Crippen molar-refractivity contribution < 1.29 is 14.0 Å². The Hall–Kier alpha value is -0.453. The molecule has 0 amide bonds. The highest BCUT2D eigenvalue weighted by Crippen LogP contribution is 2.44. The minimum Gasteiger partial charge on any atom is -0.410 e. The van der Waals surface area contributed by atoms with Gasteiger partial charge in [0.25, 0.3) is 0 Å². The second-order valence-electron chi connectivity index (χ2n) is 7.67. The first-order chi connectivity index (χ1) is 10.8. The third kappa shape index (κ3) is 4.77. The average Bonchev–Trinajstić information content (AvgIpc) is 2.45. The number of hydrogen-bond acceptors (Lipinski definition) is 3. The van der Waals surface area contributed by atoms with Gasteiger partial charge in [-0.3, -0.25) is 0 Å². The normalized spacial score (nSPS) is 28.0. The summed E-state index contributed by atoms with van der Waals surface area (Å²) in [5.41, 5.74) is 1.66. The maximum absolute atomic E-state index is 11.2. The van der Waals surface area contributed by atoms with Crippen LogP contribution in [0.3, 0.4) is 0 Å². The van der Waals surface area contributed by atoms with E-state index >= 15 is 0 Å². The molecule has 1 rings (SSSR count). The lowest BCUT2D eigenvalue weighted by molar-refractivity contribution is -0.127. The summed E-state index contributed by atoms with van der Waals surface area (Å²) in [6, 6.07) is 0. The second kappa shape index (κ2) is 9.14. The van der Waals surface area contributed by atoms with Gasteiger partial charge in [-0.2, -0.15) is 0 Å². The molecule has 1 heterocycles. The minimum atomic E-state index is -1.95. The van der Waals surface area contributed by atoms with Crippen molar-refractivity contribution in [1.29, 1.82) is 0 Å². The fourth-order valence-electron chi connectivity index (χ4n) is 4.22. The predicted octanol–water partition coefficient (Wildman–Crippen LogP) is 5.26. The molecule has 1 aliphatic heterocycles. The van der Waals surface area contributed by atoms with E-state index in [1.807, 2.05) is 0 Å². The van der Waals surface area contributed by atoms with E-state index in [-0.39, 0.29) is 18.3 Å². The molecule has 0 N–H and O–H groups in total. The molecule has 0 spiro atoms. The Labute approximate surface area is 144 Å². The molecule has 0 aromatic carbocycles. The lowest BCUT2D eigenvalue weighted by atomic mass is 10.0. The molecule has 0 radical (unpaired) electrons. The van der Waals surface area contributed by atoms with Crippen LogP contribution in [0.4, 0.5) is 0 Å². The van der Waals surface area contributed by atoms with Crippen molar-refractivity contribution in [2.24, 2.45) is 0 Å². The van der Waals surface area contributed by atoms with Crippen LogP contribution in [0.1, 0.15) is 67.7 Å². The summed E-state index contributed by atoms with van der Waals surface area (Å²) in [6.07, 6.45) is 7.30. The molecule has 4 heteroatoms. The molecule has 0 unspecified atom stereocenters. The smallest absolute Gasteiger partial charge is 0.200 e. The standard InChI is InChI=1S/C19H36O3Si/c1-8-18-19(12-10-9-11-17(13-20)21-18)22-23(14(2)3,15(4)5)16(6)7/h9-10,13-19H,8,11-12H2,1-7H3/b10-9-/t17-,18-,19-/m1/s1. The third-order valence-corrected chi connectivity index (χ3v) is 11.4. The van der Waals surface area contributed by atoms with E-state index in [9.17, 15) is 4.79 Å². The minimum absolute atomic E-state index is 0.00160. The number of rotatable bonds is 7. The van der Waals surface area contributed by atoms with Gasteiger partial charge in [0.2, 0.25) is 8.32 Å². The SMILES string of the molecule is CC[C@H]1O[C@@H](C=O)C/C=C\C[C@H]1O[Si](C(C)C)(C(C)C)C(C)C. The van der Waals surface area contributed by atoms with E-state index in [2.05, 4.69) is 60.6 Å². The van der Waals surface area contributed by atoms with Crippen LogP contribution >= 0.6 is 0 Å². The van der Waals surface area contributed by atoms with Gasteiger partial charge in [-0.05, 0) is 35.9 Å². The predicted molar refractivity (Wildman–Crippen MR) is 99.3 cm³/mol. The van der Waals surface area contributed by atoms with Crippen molar-refractivity contribution in [3.8, 4) is 0 Å². The summed E-state index contributed by atoms with van der Waals surface area (Å²) in [5.74, 6) is 0. The summed E-state index contributed by atoms with van der Waals surface area (Å²) in [5, 5.41) is 0. The zero-order valence-corrected chi connectivity index (χ0v) is 17.0. The monoisotopic (exact) mass is 340 g/mol. The molecule has 0 bridgehead atoms. The van der Waals surface area contributed by atoms with Gasteiger partial charge in [0.15, 0.2) is 0 Å². The zero-order chi connectivity index (χ0) is 17.6. The van der Waals surface area contributed by atoms with Crippen LogP contribution in [-0.2, 0) is 14.0 Å². The van der Waals surface area contributed by atoms with E-state index in [0.717, 1.165) is 19.1 Å². The van der Waals surface area contributed by atoms with Crippen LogP contribution in [0.15, 0.2) is 12.2 Å². The van der Waals surface area contributed by atoms with Gasteiger partial charge in [-0.25, -0.2) is 0 Å². The van der Waals surface area contributed by atoms with Gasteiger partial charge in [-0.15, -0.1) is 0 Å². The molecule has 0 aliphatic carbocycles. The first-order valence-corrected chi connectivity index (χ1v) is 11.4. The summed E-state index contributed by atoms with van der Waals surface area (Å²) < 4.78 is 13.0. The van der Waals surface area contributed by atoms with Crippen molar-refractivity contribution >= 4 is 14.6 Å². The van der Waals surface area contributed by atoms with Crippen molar-refractivity contribution in [3.05, 3.63) is 12.2 Å². The fraction of sp³-hybridized carbons (Fsp3) is 0.842. The number of aldehydes is 1. The zero-order valence-electron chi connectivity index (χ0n) is 16.0. The number of carbonyl (C=O) groups excluding carboxylic acids is 1. The van der Waals surface area contributed by atoms with Crippen LogP contribution in [0, 0.1) is 0 Å². The maximum atomic E-state index is 11.2. The Morgan fingerprint density at radius 3 is 2.04 bits per heavy atom. The Morgan fingerprint density at radius 1 is 1.09 bits per heavy atom. The third-order valence-electron chi connectivity index (χ3n) is 5.28. The van der Waals surface area contributed by atoms with Gasteiger partial charge in [0, 0.05) is 0 Å². The van der Waals surface area contributed by atoms with Crippen molar-refractivity contribution in [2.75, 3.05) is 0 Å². The van der Waals surface area contributed by atoms with Crippen LogP contribution in [0.5, 0.6) is 0 Å². The topological polar surface area (TPSA) is 35.5 Å². The van der Waals surface area contributed by atoms with E-state index < -0.39 is 8.32 Å². The Bertz CT molecular complexity index is 368. The Morgan fingerprint density at radius 2 is 1.61 bits per heavy atom. The molecule has 0 aromatic heterocycles. The van der Waals surface area contributed by atoms with Gasteiger partial charge in [-0.1, -0.05) is 60.6 Å². The van der Waals surface area contributed by atoms with Crippen molar-refractivity contribution in [2.45, 2.75) is 103 Å². The van der Waals surface area contributed by atoms with Crippen LogP contribution in [0.2, 0.25) is 16.6 Å². The van der Waals surface area contributed by atoms with Gasteiger partial charge in [0.1, 0.15) is 12.4 Å². The Balaban J connectivity index is 3.10. The largest absolute Gasteiger partial charge is 0.410 e. The molecule has 3 nitrogen and oxygen atoms in total. The molecule has 0 saturated heterocycles. The van der Waals surface area contributed by atoms with E-state index in [4.69, 9.17) is 9.16 Å². The highest BCUT2D eigenvalue weighted by Gasteiger charge is 2.47. The van der Waals surface area contributed by atoms with Crippen molar-refractivity contribution in [3.63, 3.8) is 0 Å². The molecule has 1 aliphatic rings. The van der Waals surface area contributed by atoms with Crippen LogP contribution in [0.25, 0.3) is 0 Å². The summed E-state index contributed by atoms with van der Waals surface area (Å²) in [4.78, 5) is 11.2. The highest BCUT2D eigenvalue weighted by molar-refractivity contribution is 6.77. The lowest BCUT2D eigenvalue weighted by Gasteiger charge is -2.46. The average molecular weight is 341 g/mol. The fourth-order valence-corrected chi connectivity index (χ4v) is 9.81. The molecule has 0 aromatic rings. The van der Waals surface area contributed by atoms with E-state index in [0.29, 0.717) is 23.0 Å². The number of hydrogen-bond donors (Lipinski definition) is 0. The first kappa shape index (κ1) is 20.6. The highest BCUT2D eigenvalue weighted by atomic mass is 28.4. The molecule has 134 valence electrons. The maximum Gasteiger partial charge on any atom is 0.200 e. The Kier molecular flexibility index (Phi) is 8.18. The molecule has 0 saturated carbocycles. The molecule has 23 heavy (non-hydrogen) atoms.